The van der Waals surface area contributed by atoms with Crippen LogP contribution in [0.1, 0.15) is 33.5 Å². The van der Waals surface area contributed by atoms with Crippen LogP contribution in [0.5, 0.6) is 0 Å². The molecule has 0 aliphatic rings. The van der Waals surface area contributed by atoms with E-state index in [2.05, 4.69) is 23.8 Å². The summed E-state index contributed by atoms with van der Waals surface area (Å²) in [5, 5.41) is 1.90. The highest BCUT2D eigenvalue weighted by molar-refractivity contribution is 8.00. The van der Waals surface area contributed by atoms with Gasteiger partial charge in [-0.3, -0.25) is 4.79 Å². The summed E-state index contributed by atoms with van der Waals surface area (Å²) in [5.74, 6) is 0.693. The molecule has 3 aromatic rings. The van der Waals surface area contributed by atoms with E-state index in [4.69, 9.17) is 0 Å². The second kappa shape index (κ2) is 6.99. The van der Waals surface area contributed by atoms with Crippen LogP contribution in [0, 0.1) is 19.7 Å². The molecule has 0 radical (unpaired) electrons. The Kier molecular flexibility index (Phi) is 4.96. The Morgan fingerprint density at radius 3 is 2.58 bits per heavy atom. The molecule has 0 spiro atoms. The van der Waals surface area contributed by atoms with E-state index in [-0.39, 0.29) is 17.4 Å². The number of rotatable bonds is 5. The van der Waals surface area contributed by atoms with Crippen LogP contribution < -0.4 is 0 Å². The van der Waals surface area contributed by atoms with Gasteiger partial charge in [-0.25, -0.2) is 14.4 Å². The molecule has 0 saturated heterocycles. The summed E-state index contributed by atoms with van der Waals surface area (Å²) in [5.41, 5.74) is 1.69. The van der Waals surface area contributed by atoms with Crippen molar-refractivity contribution in [3.05, 3.63) is 51.9 Å². The van der Waals surface area contributed by atoms with E-state index >= 15 is 0 Å². The lowest BCUT2D eigenvalue weighted by atomic mass is 10.1. The van der Waals surface area contributed by atoms with Gasteiger partial charge in [0.05, 0.1) is 5.75 Å². The summed E-state index contributed by atoms with van der Waals surface area (Å²) in [6.07, 6.45) is 0.755. The van der Waals surface area contributed by atoms with Crippen LogP contribution >= 0.6 is 23.1 Å². The minimum absolute atomic E-state index is 0.0329. The molecule has 2 aromatic heterocycles. The third-order valence-electron chi connectivity index (χ3n) is 3.86. The van der Waals surface area contributed by atoms with E-state index in [1.54, 1.807) is 11.3 Å². The summed E-state index contributed by atoms with van der Waals surface area (Å²) < 4.78 is 13.0. The Bertz CT molecular complexity index is 904. The number of carbonyl (C=O) groups excluding carboxylic acids is 1. The van der Waals surface area contributed by atoms with E-state index in [1.807, 2.05) is 6.92 Å². The smallest absolute Gasteiger partial charge is 0.173 e. The van der Waals surface area contributed by atoms with Crippen molar-refractivity contribution in [1.29, 1.82) is 0 Å². The van der Waals surface area contributed by atoms with Crippen LogP contribution in [-0.4, -0.2) is 21.5 Å². The molecule has 0 atom stereocenters. The molecule has 1 aromatic carbocycles. The highest BCUT2D eigenvalue weighted by Crippen LogP contribution is 2.35. The van der Waals surface area contributed by atoms with E-state index in [0.717, 1.165) is 27.5 Å². The second-order valence-corrected chi connectivity index (χ2v) is 7.65. The first-order chi connectivity index (χ1) is 11.5. The number of ketones is 1. The van der Waals surface area contributed by atoms with Crippen molar-refractivity contribution in [2.24, 2.45) is 0 Å². The number of aryl methyl sites for hydroxylation is 3. The summed E-state index contributed by atoms with van der Waals surface area (Å²) in [4.78, 5) is 23.7. The molecule has 124 valence electrons. The van der Waals surface area contributed by atoms with E-state index in [0.29, 0.717) is 5.56 Å². The molecule has 0 amide bonds. The standard InChI is InChI=1S/C18H17FN2OS2/c1-4-15-20-17(16-10(2)11(3)24-18(16)21-15)23-9-14(22)12-5-7-13(19)8-6-12/h5-8H,4,9H2,1-3H3. The Morgan fingerprint density at radius 1 is 1.21 bits per heavy atom. The molecule has 24 heavy (non-hydrogen) atoms. The number of Topliss-reactive ketones (excluding diaryl/α,β-unsaturated/α-hetero) is 1. The molecule has 0 N–H and O–H groups in total. The molecule has 0 bridgehead atoms. The first-order valence-corrected chi connectivity index (χ1v) is 9.48. The number of hydrogen-bond acceptors (Lipinski definition) is 5. The van der Waals surface area contributed by atoms with Gasteiger partial charge in [-0.2, -0.15) is 0 Å². The van der Waals surface area contributed by atoms with Crippen molar-refractivity contribution in [2.45, 2.75) is 32.2 Å². The van der Waals surface area contributed by atoms with Gasteiger partial charge < -0.3 is 0 Å². The minimum atomic E-state index is -0.339. The maximum absolute atomic E-state index is 13.0. The second-order valence-electron chi connectivity index (χ2n) is 5.48. The quantitative estimate of drug-likeness (QED) is 0.365. The number of aromatic nitrogens is 2. The Morgan fingerprint density at radius 2 is 1.92 bits per heavy atom. The number of hydrogen-bond donors (Lipinski definition) is 0. The van der Waals surface area contributed by atoms with Gasteiger partial charge in [0.25, 0.3) is 0 Å². The number of halogens is 1. The van der Waals surface area contributed by atoms with Crippen LogP contribution in [0.2, 0.25) is 0 Å². The van der Waals surface area contributed by atoms with Gasteiger partial charge >= 0.3 is 0 Å². The number of nitrogens with zero attached hydrogens (tertiary/aromatic N) is 2. The molecular weight excluding hydrogens is 343 g/mol. The SMILES string of the molecule is CCc1nc(SCC(=O)c2ccc(F)cc2)c2c(C)c(C)sc2n1. The Hall–Kier alpha value is -1.79. The molecule has 3 rings (SSSR count). The van der Waals surface area contributed by atoms with Gasteiger partial charge in [-0.1, -0.05) is 18.7 Å². The third-order valence-corrected chi connectivity index (χ3v) is 5.94. The van der Waals surface area contributed by atoms with Gasteiger partial charge in [0, 0.05) is 22.2 Å². The first-order valence-electron chi connectivity index (χ1n) is 7.67. The monoisotopic (exact) mass is 360 g/mol. The number of benzene rings is 1. The summed E-state index contributed by atoms with van der Waals surface area (Å²) in [6.45, 7) is 6.16. The van der Waals surface area contributed by atoms with Crippen molar-refractivity contribution < 1.29 is 9.18 Å². The van der Waals surface area contributed by atoms with Crippen LogP contribution in [0.4, 0.5) is 4.39 Å². The Balaban J connectivity index is 1.89. The molecule has 0 saturated carbocycles. The van der Waals surface area contributed by atoms with Gasteiger partial charge in [-0.05, 0) is 43.7 Å². The normalized spacial score (nSPS) is 11.2. The van der Waals surface area contributed by atoms with Gasteiger partial charge in [-0.15, -0.1) is 11.3 Å². The fraction of sp³-hybridized carbons (Fsp3) is 0.278. The van der Waals surface area contributed by atoms with Crippen molar-refractivity contribution in [1.82, 2.24) is 9.97 Å². The molecule has 2 heterocycles. The van der Waals surface area contributed by atoms with Crippen molar-refractivity contribution in [3.63, 3.8) is 0 Å². The van der Waals surface area contributed by atoms with Crippen LogP contribution in [0.15, 0.2) is 29.3 Å². The van der Waals surface area contributed by atoms with Gasteiger partial charge in [0.1, 0.15) is 21.5 Å². The van der Waals surface area contributed by atoms with Gasteiger partial charge in [0.2, 0.25) is 0 Å². The van der Waals surface area contributed by atoms with Crippen molar-refractivity contribution in [2.75, 3.05) is 5.75 Å². The highest BCUT2D eigenvalue weighted by atomic mass is 32.2. The topological polar surface area (TPSA) is 42.9 Å². The fourth-order valence-corrected chi connectivity index (χ4v) is 4.48. The van der Waals surface area contributed by atoms with E-state index in [1.165, 1.54) is 46.5 Å². The minimum Gasteiger partial charge on any atom is -0.293 e. The van der Waals surface area contributed by atoms with Gasteiger partial charge in [0.15, 0.2) is 5.78 Å². The molecule has 0 unspecified atom stereocenters. The average Bonchev–Trinajstić information content (AvgIpc) is 2.87. The first kappa shape index (κ1) is 17.0. The number of carbonyl (C=O) groups is 1. The molecule has 3 nitrogen and oxygen atoms in total. The Labute approximate surface area is 148 Å². The lowest BCUT2D eigenvalue weighted by molar-refractivity contribution is 0.102. The summed E-state index contributed by atoms with van der Waals surface area (Å²) >= 11 is 3.09. The van der Waals surface area contributed by atoms with E-state index < -0.39 is 0 Å². The predicted molar refractivity (Wildman–Crippen MR) is 97.7 cm³/mol. The molecular formula is C18H17FN2OS2. The zero-order valence-electron chi connectivity index (χ0n) is 13.7. The average molecular weight is 360 g/mol. The largest absolute Gasteiger partial charge is 0.293 e. The zero-order valence-corrected chi connectivity index (χ0v) is 15.4. The van der Waals surface area contributed by atoms with E-state index in [9.17, 15) is 9.18 Å². The molecule has 0 aliphatic carbocycles. The molecule has 0 fully saturated rings. The fourth-order valence-electron chi connectivity index (χ4n) is 2.37. The summed E-state index contributed by atoms with van der Waals surface area (Å²) in [6, 6.07) is 5.65. The zero-order chi connectivity index (χ0) is 17.3. The molecule has 6 heteroatoms. The number of fused-ring (bicyclic) bond motifs is 1. The highest BCUT2D eigenvalue weighted by Gasteiger charge is 2.16. The van der Waals surface area contributed by atoms with Crippen LogP contribution in [0.3, 0.4) is 0 Å². The lowest BCUT2D eigenvalue weighted by Gasteiger charge is -2.06. The maximum Gasteiger partial charge on any atom is 0.173 e. The number of thioether (sulfide) groups is 1. The van der Waals surface area contributed by atoms with Crippen LogP contribution in [-0.2, 0) is 6.42 Å². The molecule has 0 aliphatic heterocycles. The predicted octanol–water partition coefficient (Wildman–Crippen LogP) is 4.98. The maximum atomic E-state index is 13.0. The van der Waals surface area contributed by atoms with Crippen molar-refractivity contribution >= 4 is 39.1 Å². The third kappa shape index (κ3) is 3.35. The number of thiophene rings is 1. The lowest BCUT2D eigenvalue weighted by Crippen LogP contribution is -2.03. The van der Waals surface area contributed by atoms with Crippen molar-refractivity contribution in [3.8, 4) is 0 Å². The summed E-state index contributed by atoms with van der Waals surface area (Å²) in [7, 11) is 0. The van der Waals surface area contributed by atoms with Crippen LogP contribution in [0.25, 0.3) is 10.2 Å².